The van der Waals surface area contributed by atoms with Gasteiger partial charge in [0, 0.05) is 16.5 Å². The molecule has 25 heavy (non-hydrogen) atoms. The van der Waals surface area contributed by atoms with Crippen LogP contribution >= 0.6 is 23.1 Å². The van der Waals surface area contributed by atoms with Crippen LogP contribution in [0.2, 0.25) is 0 Å². The van der Waals surface area contributed by atoms with Gasteiger partial charge in [-0.1, -0.05) is 11.8 Å². The Morgan fingerprint density at radius 3 is 2.48 bits per heavy atom. The molecule has 0 saturated carbocycles. The number of imide groups is 1. The number of urea groups is 1. The van der Waals surface area contributed by atoms with E-state index in [0.29, 0.717) is 4.34 Å². The van der Waals surface area contributed by atoms with Crippen molar-refractivity contribution in [2.24, 2.45) is 0 Å². The Bertz CT molecular complexity index is 754. The predicted molar refractivity (Wildman–Crippen MR) is 99.3 cm³/mol. The third kappa shape index (κ3) is 6.13. The molecule has 0 aliphatic carbocycles. The molecule has 0 saturated heterocycles. The van der Waals surface area contributed by atoms with E-state index in [1.165, 1.54) is 35.2 Å². The lowest BCUT2D eigenvalue weighted by molar-refractivity contribution is -0.119. The molecule has 0 aliphatic heterocycles. The monoisotopic (exact) mass is 381 g/mol. The number of thioether (sulfide) groups is 1. The number of nitrogens with zero attached hydrogens (tertiary/aromatic N) is 1. The second-order valence-corrected chi connectivity index (χ2v) is 8.91. The lowest BCUT2D eigenvalue weighted by atomic mass is 10.1. The van der Waals surface area contributed by atoms with Crippen LogP contribution in [0.15, 0.2) is 34.0 Å². The molecule has 2 N–H and O–H groups in total. The maximum Gasteiger partial charge on any atom is 0.321 e. The summed E-state index contributed by atoms with van der Waals surface area (Å²) in [4.78, 5) is 28.3. The third-order valence-corrected chi connectivity index (χ3v) is 5.07. The van der Waals surface area contributed by atoms with Crippen LogP contribution < -0.4 is 10.6 Å². The highest BCUT2D eigenvalue weighted by molar-refractivity contribution is 8.02. The van der Waals surface area contributed by atoms with E-state index in [2.05, 4.69) is 15.6 Å². The molecule has 8 heteroatoms. The lowest BCUT2D eigenvalue weighted by Gasteiger charge is -2.21. The minimum Gasteiger partial charge on any atom is -0.333 e. The van der Waals surface area contributed by atoms with Crippen LogP contribution in [0.1, 0.15) is 27.7 Å². The van der Waals surface area contributed by atoms with E-state index in [1.807, 2.05) is 26.2 Å². The Kier molecular flexibility index (Phi) is 6.18. The smallest absolute Gasteiger partial charge is 0.321 e. The highest BCUT2D eigenvalue weighted by Crippen LogP contribution is 2.30. The zero-order valence-electron chi connectivity index (χ0n) is 14.4. The molecule has 0 aliphatic rings. The number of benzene rings is 1. The molecule has 1 aromatic carbocycles. The average Bonchev–Trinajstić information content (AvgIpc) is 2.94. The van der Waals surface area contributed by atoms with E-state index in [4.69, 9.17) is 0 Å². The molecular weight excluding hydrogens is 361 g/mol. The summed E-state index contributed by atoms with van der Waals surface area (Å²) in [5.41, 5.74) is 1.12. The van der Waals surface area contributed by atoms with Crippen LogP contribution in [0.4, 0.5) is 9.18 Å². The molecule has 0 radical (unpaired) electrons. The maximum absolute atomic E-state index is 13.0. The summed E-state index contributed by atoms with van der Waals surface area (Å²) >= 11 is 2.67. The van der Waals surface area contributed by atoms with Gasteiger partial charge in [0.25, 0.3) is 0 Å². The van der Waals surface area contributed by atoms with Crippen LogP contribution in [0.3, 0.4) is 0 Å². The molecule has 1 atom stereocenters. The molecule has 1 aromatic heterocycles. The molecule has 0 spiro atoms. The Hall–Kier alpha value is -1.93. The van der Waals surface area contributed by atoms with Crippen molar-refractivity contribution >= 4 is 35.0 Å². The van der Waals surface area contributed by atoms with Crippen LogP contribution in [0.25, 0.3) is 11.3 Å². The van der Waals surface area contributed by atoms with Gasteiger partial charge in [-0.05, 0) is 52.0 Å². The highest BCUT2D eigenvalue weighted by atomic mass is 32.2. The molecule has 5 nitrogen and oxygen atoms in total. The topological polar surface area (TPSA) is 71.1 Å². The number of carbonyl (C=O) groups is 2. The second kappa shape index (κ2) is 7.97. The van der Waals surface area contributed by atoms with Crippen molar-refractivity contribution in [3.05, 3.63) is 35.5 Å². The van der Waals surface area contributed by atoms with Gasteiger partial charge in [-0.15, -0.1) is 11.3 Å². The number of carbonyl (C=O) groups excluding carboxylic acids is 2. The zero-order valence-corrected chi connectivity index (χ0v) is 16.1. The summed E-state index contributed by atoms with van der Waals surface area (Å²) in [5, 5.41) is 6.38. The van der Waals surface area contributed by atoms with Crippen molar-refractivity contribution in [2.45, 2.75) is 42.8 Å². The van der Waals surface area contributed by atoms with Crippen LogP contribution in [-0.4, -0.2) is 27.7 Å². The number of hydrogen-bond acceptors (Lipinski definition) is 5. The highest BCUT2D eigenvalue weighted by Gasteiger charge is 2.21. The first kappa shape index (κ1) is 19.4. The predicted octanol–water partition coefficient (Wildman–Crippen LogP) is 4.05. The largest absolute Gasteiger partial charge is 0.333 e. The molecular formula is C17H20FN3O2S2. The normalized spacial score (nSPS) is 12.5. The average molecular weight is 381 g/mol. The Morgan fingerprint density at radius 1 is 1.24 bits per heavy atom. The fourth-order valence-electron chi connectivity index (χ4n) is 1.85. The van der Waals surface area contributed by atoms with E-state index < -0.39 is 16.8 Å². The summed E-state index contributed by atoms with van der Waals surface area (Å²) in [6.45, 7) is 7.22. The van der Waals surface area contributed by atoms with Gasteiger partial charge in [-0.25, -0.2) is 14.2 Å². The van der Waals surface area contributed by atoms with Crippen molar-refractivity contribution < 1.29 is 14.0 Å². The van der Waals surface area contributed by atoms with E-state index >= 15 is 0 Å². The molecule has 0 fully saturated rings. The number of aromatic nitrogens is 1. The first-order valence-corrected chi connectivity index (χ1v) is 9.41. The van der Waals surface area contributed by atoms with Gasteiger partial charge in [-0.2, -0.15) is 0 Å². The second-order valence-electron chi connectivity index (χ2n) is 6.46. The summed E-state index contributed by atoms with van der Waals surface area (Å²) in [7, 11) is 0. The van der Waals surface area contributed by atoms with Crippen molar-refractivity contribution in [1.82, 2.24) is 15.6 Å². The molecule has 1 unspecified atom stereocenters. The first-order chi connectivity index (χ1) is 11.6. The van der Waals surface area contributed by atoms with Crippen LogP contribution in [0, 0.1) is 5.82 Å². The van der Waals surface area contributed by atoms with Gasteiger partial charge in [-0.3, -0.25) is 10.1 Å². The zero-order chi connectivity index (χ0) is 18.6. The fraction of sp³-hybridized carbons (Fsp3) is 0.353. The number of amides is 3. The van der Waals surface area contributed by atoms with E-state index in [1.54, 1.807) is 19.1 Å². The standard InChI is InChI=1S/C17H20FN3O2S2/c1-10(14(22)20-15(23)21-17(2,3)4)25-16-19-13(9-24-16)11-5-7-12(18)8-6-11/h5-10H,1-4H3,(H2,20,21,22,23). The number of halogens is 1. The van der Waals surface area contributed by atoms with E-state index in [0.717, 1.165) is 11.3 Å². The van der Waals surface area contributed by atoms with Crippen LogP contribution in [-0.2, 0) is 4.79 Å². The third-order valence-electron chi connectivity index (χ3n) is 3.00. The molecule has 2 rings (SSSR count). The van der Waals surface area contributed by atoms with Gasteiger partial charge >= 0.3 is 6.03 Å². The summed E-state index contributed by atoms with van der Waals surface area (Å²) in [5.74, 6) is -0.683. The number of thiazole rings is 1. The SMILES string of the molecule is CC(Sc1nc(-c2ccc(F)cc2)cs1)C(=O)NC(=O)NC(C)(C)C. The molecule has 2 aromatic rings. The van der Waals surface area contributed by atoms with Gasteiger partial charge in [0.05, 0.1) is 10.9 Å². The Morgan fingerprint density at radius 2 is 1.88 bits per heavy atom. The molecule has 134 valence electrons. The first-order valence-electron chi connectivity index (χ1n) is 7.65. The molecule has 3 amide bonds. The van der Waals surface area contributed by atoms with Crippen molar-refractivity contribution in [1.29, 1.82) is 0 Å². The van der Waals surface area contributed by atoms with Crippen molar-refractivity contribution in [3.63, 3.8) is 0 Å². The van der Waals surface area contributed by atoms with Gasteiger partial charge in [0.2, 0.25) is 5.91 Å². The van der Waals surface area contributed by atoms with Crippen molar-refractivity contribution in [3.8, 4) is 11.3 Å². The van der Waals surface area contributed by atoms with Gasteiger partial charge < -0.3 is 5.32 Å². The van der Waals surface area contributed by atoms with Gasteiger partial charge in [0.1, 0.15) is 5.82 Å². The van der Waals surface area contributed by atoms with Crippen LogP contribution in [0.5, 0.6) is 0 Å². The number of hydrogen-bond donors (Lipinski definition) is 2. The number of rotatable bonds is 4. The Balaban J connectivity index is 1.94. The van der Waals surface area contributed by atoms with E-state index in [-0.39, 0.29) is 11.7 Å². The summed E-state index contributed by atoms with van der Waals surface area (Å²) < 4.78 is 13.7. The quantitative estimate of drug-likeness (QED) is 0.784. The van der Waals surface area contributed by atoms with Crippen molar-refractivity contribution in [2.75, 3.05) is 0 Å². The fourth-order valence-corrected chi connectivity index (χ4v) is 3.83. The maximum atomic E-state index is 13.0. The summed E-state index contributed by atoms with van der Waals surface area (Å²) in [6, 6.07) is 5.56. The summed E-state index contributed by atoms with van der Waals surface area (Å²) in [6.07, 6.45) is 0. The molecule has 1 heterocycles. The minimum atomic E-state index is -0.518. The number of nitrogens with one attached hydrogen (secondary N) is 2. The molecule has 0 bridgehead atoms. The van der Waals surface area contributed by atoms with Gasteiger partial charge in [0.15, 0.2) is 4.34 Å². The Labute approximate surface area is 154 Å². The lowest BCUT2D eigenvalue weighted by Crippen LogP contribution is -2.49. The minimum absolute atomic E-state index is 0.299. The van der Waals surface area contributed by atoms with E-state index in [9.17, 15) is 14.0 Å².